The lowest BCUT2D eigenvalue weighted by Crippen LogP contribution is -2.26. The number of hydrogen-bond acceptors (Lipinski definition) is 4. The molecule has 25 heavy (non-hydrogen) atoms. The highest BCUT2D eigenvalue weighted by molar-refractivity contribution is 6.36. The van der Waals surface area contributed by atoms with E-state index in [9.17, 15) is 4.79 Å². The van der Waals surface area contributed by atoms with Crippen LogP contribution in [-0.2, 0) is 6.54 Å². The average Bonchev–Trinajstić information content (AvgIpc) is 3.03. The van der Waals surface area contributed by atoms with Crippen LogP contribution in [-0.4, -0.2) is 28.1 Å². The smallest absolute Gasteiger partial charge is 0.255 e. The number of hydrogen-bond donors (Lipinski definition) is 0. The lowest BCUT2D eigenvalue weighted by Gasteiger charge is -2.15. The Morgan fingerprint density at radius 3 is 2.52 bits per heavy atom. The van der Waals surface area contributed by atoms with Crippen LogP contribution < -0.4 is 0 Å². The third kappa shape index (κ3) is 4.00. The van der Waals surface area contributed by atoms with Crippen molar-refractivity contribution in [2.45, 2.75) is 13.5 Å². The van der Waals surface area contributed by atoms with Crippen molar-refractivity contribution in [1.29, 1.82) is 0 Å². The van der Waals surface area contributed by atoms with Gasteiger partial charge in [0.2, 0.25) is 11.8 Å². The molecule has 2 aromatic carbocycles. The van der Waals surface area contributed by atoms with E-state index in [-0.39, 0.29) is 12.5 Å². The van der Waals surface area contributed by atoms with E-state index in [1.807, 2.05) is 31.2 Å². The standard InChI is InChI=1S/C18H15Cl2N3O2/c1-11-3-5-12(6-4-11)17-22-21-16(25-17)10-23(2)18(24)14-8-7-13(19)9-15(14)20/h3-9H,10H2,1-2H3. The van der Waals surface area contributed by atoms with Gasteiger partial charge in [-0.1, -0.05) is 40.9 Å². The minimum atomic E-state index is -0.253. The average molecular weight is 376 g/mol. The lowest BCUT2D eigenvalue weighted by molar-refractivity contribution is 0.0773. The van der Waals surface area contributed by atoms with Gasteiger partial charge in [0.15, 0.2) is 0 Å². The van der Waals surface area contributed by atoms with Gasteiger partial charge < -0.3 is 9.32 Å². The zero-order valence-electron chi connectivity index (χ0n) is 13.7. The molecule has 1 amide bonds. The third-order valence-electron chi connectivity index (χ3n) is 3.65. The number of amides is 1. The van der Waals surface area contributed by atoms with Crippen molar-refractivity contribution >= 4 is 29.1 Å². The summed E-state index contributed by atoms with van der Waals surface area (Å²) in [4.78, 5) is 14.0. The molecule has 0 aliphatic heterocycles. The molecule has 0 N–H and O–H groups in total. The quantitative estimate of drug-likeness (QED) is 0.667. The van der Waals surface area contributed by atoms with Crippen LogP contribution >= 0.6 is 23.2 Å². The molecule has 1 aromatic heterocycles. The van der Waals surface area contributed by atoms with Crippen LogP contribution in [0.1, 0.15) is 21.8 Å². The monoisotopic (exact) mass is 375 g/mol. The Balaban J connectivity index is 1.74. The number of carbonyl (C=O) groups excluding carboxylic acids is 1. The Morgan fingerprint density at radius 2 is 1.84 bits per heavy atom. The van der Waals surface area contributed by atoms with Crippen molar-refractivity contribution in [3.8, 4) is 11.5 Å². The molecule has 0 atom stereocenters. The summed E-state index contributed by atoms with van der Waals surface area (Å²) >= 11 is 11.9. The summed E-state index contributed by atoms with van der Waals surface area (Å²) in [6.07, 6.45) is 0. The van der Waals surface area contributed by atoms with E-state index in [0.29, 0.717) is 27.4 Å². The fourth-order valence-corrected chi connectivity index (χ4v) is 2.76. The zero-order valence-corrected chi connectivity index (χ0v) is 15.2. The van der Waals surface area contributed by atoms with E-state index in [1.165, 1.54) is 11.0 Å². The summed E-state index contributed by atoms with van der Waals surface area (Å²) in [6, 6.07) is 12.5. The maximum atomic E-state index is 12.5. The van der Waals surface area contributed by atoms with Gasteiger partial charge in [-0.3, -0.25) is 4.79 Å². The summed E-state index contributed by atoms with van der Waals surface area (Å²) in [5, 5.41) is 8.81. The largest absolute Gasteiger partial charge is 0.419 e. The molecule has 0 bridgehead atoms. The topological polar surface area (TPSA) is 59.2 Å². The Morgan fingerprint density at radius 1 is 1.12 bits per heavy atom. The highest BCUT2D eigenvalue weighted by Crippen LogP contribution is 2.23. The molecule has 0 saturated carbocycles. The van der Waals surface area contributed by atoms with Crippen LogP contribution in [0.15, 0.2) is 46.9 Å². The molecule has 0 fully saturated rings. The normalized spacial score (nSPS) is 10.7. The Bertz CT molecular complexity index is 907. The van der Waals surface area contributed by atoms with Gasteiger partial charge in [-0.15, -0.1) is 10.2 Å². The third-order valence-corrected chi connectivity index (χ3v) is 4.19. The van der Waals surface area contributed by atoms with Crippen molar-refractivity contribution in [3.05, 3.63) is 69.5 Å². The Labute approximate surface area is 155 Å². The molecule has 3 rings (SSSR count). The van der Waals surface area contributed by atoms with Crippen molar-refractivity contribution in [2.24, 2.45) is 0 Å². The summed E-state index contributed by atoms with van der Waals surface area (Å²) in [5.74, 6) is 0.508. The van der Waals surface area contributed by atoms with Gasteiger partial charge in [0.05, 0.1) is 17.1 Å². The van der Waals surface area contributed by atoms with Crippen LogP contribution in [0.4, 0.5) is 0 Å². The molecule has 0 saturated heterocycles. The Hall–Kier alpha value is -2.37. The number of halogens is 2. The van der Waals surface area contributed by atoms with E-state index < -0.39 is 0 Å². The maximum absolute atomic E-state index is 12.5. The van der Waals surface area contributed by atoms with E-state index in [1.54, 1.807) is 19.2 Å². The highest BCUT2D eigenvalue weighted by Gasteiger charge is 2.18. The first-order valence-corrected chi connectivity index (χ1v) is 8.29. The summed E-state index contributed by atoms with van der Waals surface area (Å²) in [5.41, 5.74) is 2.35. The van der Waals surface area contributed by atoms with E-state index in [2.05, 4.69) is 10.2 Å². The Kier molecular flexibility index (Phi) is 5.06. The molecular weight excluding hydrogens is 361 g/mol. The molecule has 3 aromatic rings. The van der Waals surface area contributed by atoms with E-state index in [4.69, 9.17) is 27.6 Å². The van der Waals surface area contributed by atoms with E-state index in [0.717, 1.165) is 11.1 Å². The van der Waals surface area contributed by atoms with Crippen LogP contribution in [0.5, 0.6) is 0 Å². The SMILES string of the molecule is Cc1ccc(-c2nnc(CN(C)C(=O)c3ccc(Cl)cc3Cl)o2)cc1. The molecule has 0 aliphatic carbocycles. The maximum Gasteiger partial charge on any atom is 0.255 e. The minimum absolute atomic E-state index is 0.177. The summed E-state index contributed by atoms with van der Waals surface area (Å²) in [6.45, 7) is 2.18. The molecule has 5 nitrogen and oxygen atoms in total. The number of benzene rings is 2. The first-order chi connectivity index (χ1) is 11.9. The predicted octanol–water partition coefficient (Wildman–Crippen LogP) is 4.62. The lowest BCUT2D eigenvalue weighted by atomic mass is 10.1. The first kappa shape index (κ1) is 17.5. The van der Waals surface area contributed by atoms with Gasteiger partial charge in [0.1, 0.15) is 0 Å². The second kappa shape index (κ2) is 7.25. The number of carbonyl (C=O) groups is 1. The molecule has 128 valence electrons. The van der Waals surface area contributed by atoms with Crippen molar-refractivity contribution in [1.82, 2.24) is 15.1 Å². The zero-order chi connectivity index (χ0) is 18.0. The first-order valence-electron chi connectivity index (χ1n) is 7.54. The van der Waals surface area contributed by atoms with Crippen molar-refractivity contribution < 1.29 is 9.21 Å². The van der Waals surface area contributed by atoms with Gasteiger partial charge in [0, 0.05) is 17.6 Å². The van der Waals surface area contributed by atoms with E-state index >= 15 is 0 Å². The molecule has 1 heterocycles. The number of rotatable bonds is 4. The minimum Gasteiger partial charge on any atom is -0.419 e. The molecule has 0 spiro atoms. The molecule has 0 aliphatic rings. The second-order valence-electron chi connectivity index (χ2n) is 5.65. The fourth-order valence-electron chi connectivity index (χ4n) is 2.27. The number of aryl methyl sites for hydroxylation is 1. The molecule has 0 radical (unpaired) electrons. The summed E-state index contributed by atoms with van der Waals surface area (Å²) in [7, 11) is 1.64. The van der Waals surface area contributed by atoms with Crippen molar-refractivity contribution in [2.75, 3.05) is 7.05 Å². The predicted molar refractivity (Wildman–Crippen MR) is 96.7 cm³/mol. The fraction of sp³-hybridized carbons (Fsp3) is 0.167. The molecular formula is C18H15Cl2N3O2. The number of nitrogens with zero attached hydrogens (tertiary/aromatic N) is 3. The molecule has 0 unspecified atom stereocenters. The summed E-state index contributed by atoms with van der Waals surface area (Å²) < 4.78 is 5.65. The van der Waals surface area contributed by atoms with Gasteiger partial charge in [-0.05, 0) is 37.3 Å². The molecule has 7 heteroatoms. The van der Waals surface area contributed by atoms with Crippen LogP contribution in [0.2, 0.25) is 10.0 Å². The van der Waals surface area contributed by atoms with Crippen LogP contribution in [0.25, 0.3) is 11.5 Å². The van der Waals surface area contributed by atoms with Crippen molar-refractivity contribution in [3.63, 3.8) is 0 Å². The van der Waals surface area contributed by atoms with Gasteiger partial charge >= 0.3 is 0 Å². The highest BCUT2D eigenvalue weighted by atomic mass is 35.5. The van der Waals surface area contributed by atoms with Gasteiger partial charge in [0.25, 0.3) is 5.91 Å². The second-order valence-corrected chi connectivity index (χ2v) is 6.50. The van der Waals surface area contributed by atoms with Crippen LogP contribution in [0, 0.1) is 6.92 Å². The van der Waals surface area contributed by atoms with Gasteiger partial charge in [-0.25, -0.2) is 0 Å². The van der Waals surface area contributed by atoms with Crippen LogP contribution in [0.3, 0.4) is 0 Å². The van der Waals surface area contributed by atoms with Gasteiger partial charge in [-0.2, -0.15) is 0 Å². The number of aromatic nitrogens is 2.